The molecule has 1 heterocycles. The number of hydrogen-bond acceptors (Lipinski definition) is 4. The number of amides is 1. The van der Waals surface area contributed by atoms with Gasteiger partial charge in [0.05, 0.1) is 22.3 Å². The maximum atomic E-state index is 12.8. The molecular formula is C17H25N3O2. The Hall–Kier alpha value is -1.12. The molecule has 4 saturated carbocycles. The normalized spacial score (nSPS) is 52.0. The quantitative estimate of drug-likeness (QED) is 0.821. The van der Waals surface area contributed by atoms with E-state index in [1.165, 1.54) is 0 Å². The number of nitrogens with one attached hydrogen (secondary N) is 1. The summed E-state index contributed by atoms with van der Waals surface area (Å²) in [7, 11) is 0. The second-order valence-corrected chi connectivity index (χ2v) is 7.83. The molecular weight excluding hydrogens is 278 g/mol. The molecule has 5 atom stereocenters. The summed E-state index contributed by atoms with van der Waals surface area (Å²) < 4.78 is 24.8. The number of nitrogens with zero attached hydrogens (tertiary/aromatic N) is 2. The van der Waals surface area contributed by atoms with Crippen molar-refractivity contribution < 1.29 is 14.0 Å². The summed E-state index contributed by atoms with van der Waals surface area (Å²) in [6.45, 7) is -2.10. The molecule has 5 aliphatic rings. The van der Waals surface area contributed by atoms with E-state index in [2.05, 4.69) is 5.32 Å². The first-order valence-electron chi connectivity index (χ1n) is 9.84. The second kappa shape index (κ2) is 4.94. The highest BCUT2D eigenvalue weighted by molar-refractivity contribution is 5.79. The first-order chi connectivity index (χ1) is 11.6. The third kappa shape index (κ3) is 2.33. The molecule has 0 radical (unpaired) electrons. The number of nitriles is 1. The molecule has 0 aromatic heterocycles. The van der Waals surface area contributed by atoms with E-state index in [-0.39, 0.29) is 13.0 Å². The molecule has 1 aliphatic heterocycles. The highest BCUT2D eigenvalue weighted by Crippen LogP contribution is 2.57. The molecule has 2 N–H and O–H groups in total. The molecule has 5 rings (SSSR count). The molecule has 4 aliphatic carbocycles. The van der Waals surface area contributed by atoms with Crippen LogP contribution in [0.4, 0.5) is 0 Å². The summed E-state index contributed by atoms with van der Waals surface area (Å²) in [5.41, 5.74) is -1.30. The number of carbonyl (C=O) groups excluding carboxylic acids is 1. The SMILES string of the molecule is [2H]C([2H])(NC12C[C@@H]3C[C@@H](CC(O)(C3)C1)C2)C(=O)N1CCCC1([2H])C#N. The minimum Gasteiger partial charge on any atom is -0.390 e. The Balaban J connectivity index is 1.55. The molecule has 5 heteroatoms. The Morgan fingerprint density at radius 1 is 1.45 bits per heavy atom. The average molecular weight is 306 g/mol. The van der Waals surface area contributed by atoms with Gasteiger partial charge in [0.25, 0.3) is 0 Å². The Morgan fingerprint density at radius 3 is 2.82 bits per heavy atom. The lowest BCUT2D eigenvalue weighted by molar-refractivity contribution is -0.147. The van der Waals surface area contributed by atoms with Crippen LogP contribution in [0.5, 0.6) is 0 Å². The van der Waals surface area contributed by atoms with Crippen LogP contribution >= 0.6 is 0 Å². The van der Waals surface area contributed by atoms with Crippen molar-refractivity contribution in [2.75, 3.05) is 13.0 Å². The average Bonchev–Trinajstić information content (AvgIpc) is 2.85. The molecule has 1 amide bonds. The van der Waals surface area contributed by atoms with Gasteiger partial charge in [0.2, 0.25) is 5.91 Å². The van der Waals surface area contributed by atoms with Crippen molar-refractivity contribution in [3.05, 3.63) is 0 Å². The van der Waals surface area contributed by atoms with Crippen molar-refractivity contribution in [3.8, 4) is 6.07 Å². The van der Waals surface area contributed by atoms with E-state index in [1.807, 2.05) is 6.07 Å². The van der Waals surface area contributed by atoms with Gasteiger partial charge in [0.15, 0.2) is 0 Å². The van der Waals surface area contributed by atoms with Gasteiger partial charge in [-0.2, -0.15) is 5.26 Å². The lowest BCUT2D eigenvalue weighted by Crippen LogP contribution is -2.65. The Morgan fingerprint density at radius 2 is 2.18 bits per heavy atom. The molecule has 0 spiro atoms. The second-order valence-electron chi connectivity index (χ2n) is 7.83. The van der Waals surface area contributed by atoms with E-state index in [0.29, 0.717) is 24.7 Å². The smallest absolute Gasteiger partial charge is 0.237 e. The summed E-state index contributed by atoms with van der Waals surface area (Å²) in [6, 6.07) is 0.171. The van der Waals surface area contributed by atoms with Gasteiger partial charge in [0.1, 0.15) is 6.02 Å². The van der Waals surface area contributed by atoms with Crippen molar-refractivity contribution >= 4 is 5.91 Å². The number of aliphatic hydroxyl groups is 1. The zero-order valence-electron chi connectivity index (χ0n) is 15.8. The molecule has 22 heavy (non-hydrogen) atoms. The van der Waals surface area contributed by atoms with Crippen molar-refractivity contribution in [3.63, 3.8) is 0 Å². The van der Waals surface area contributed by atoms with E-state index in [4.69, 9.17) is 4.11 Å². The molecule has 4 bridgehead atoms. The zero-order chi connectivity index (χ0) is 18.1. The number of rotatable bonds is 3. The third-order valence-corrected chi connectivity index (χ3v) is 5.96. The van der Waals surface area contributed by atoms with Crippen LogP contribution in [-0.2, 0) is 4.79 Å². The molecule has 1 saturated heterocycles. The number of likely N-dealkylation sites (tertiary alicyclic amines) is 1. The summed E-state index contributed by atoms with van der Waals surface area (Å²) in [6.07, 6.45) is 5.46. The van der Waals surface area contributed by atoms with E-state index in [9.17, 15) is 15.2 Å². The van der Waals surface area contributed by atoms with Crippen molar-refractivity contribution in [1.29, 1.82) is 5.26 Å². The predicted octanol–water partition coefficient (Wildman–Crippen LogP) is 1.17. The highest BCUT2D eigenvalue weighted by Gasteiger charge is 2.57. The van der Waals surface area contributed by atoms with Crippen LogP contribution < -0.4 is 5.32 Å². The van der Waals surface area contributed by atoms with Gasteiger partial charge in [0, 0.05) is 12.1 Å². The first-order valence-corrected chi connectivity index (χ1v) is 8.34. The Kier molecular flexibility index (Phi) is 2.56. The van der Waals surface area contributed by atoms with Crippen LogP contribution in [0.3, 0.4) is 0 Å². The molecule has 0 aromatic rings. The van der Waals surface area contributed by atoms with Crippen molar-refractivity contribution in [2.24, 2.45) is 11.8 Å². The van der Waals surface area contributed by atoms with Crippen LogP contribution in [0, 0.1) is 23.2 Å². The predicted molar refractivity (Wildman–Crippen MR) is 80.7 cm³/mol. The monoisotopic (exact) mass is 306 g/mol. The van der Waals surface area contributed by atoms with E-state index < -0.39 is 29.6 Å². The van der Waals surface area contributed by atoms with Crippen LogP contribution in [-0.4, -0.2) is 46.1 Å². The Bertz CT molecular complexity index is 636. The minimum atomic E-state index is -2.34. The van der Waals surface area contributed by atoms with Crippen LogP contribution in [0.1, 0.15) is 55.5 Å². The van der Waals surface area contributed by atoms with Crippen LogP contribution in [0.2, 0.25) is 0 Å². The topological polar surface area (TPSA) is 76.4 Å². The maximum absolute atomic E-state index is 12.8. The number of hydrogen-bond donors (Lipinski definition) is 2. The Labute approximate surface area is 135 Å². The fourth-order valence-electron chi connectivity index (χ4n) is 5.63. The molecule has 5 nitrogen and oxygen atoms in total. The summed E-state index contributed by atoms with van der Waals surface area (Å²) >= 11 is 0. The summed E-state index contributed by atoms with van der Waals surface area (Å²) in [5, 5.41) is 23.0. The first kappa shape index (κ1) is 11.4. The van der Waals surface area contributed by atoms with Crippen molar-refractivity contribution in [1.82, 2.24) is 10.2 Å². The lowest BCUT2D eigenvalue weighted by atomic mass is 9.51. The summed E-state index contributed by atoms with van der Waals surface area (Å²) in [5.74, 6) is -0.0686. The van der Waals surface area contributed by atoms with E-state index >= 15 is 0 Å². The fourth-order valence-corrected chi connectivity index (χ4v) is 5.63. The number of carbonyl (C=O) groups is 1. The van der Waals surface area contributed by atoms with Gasteiger partial charge in [-0.1, -0.05) is 0 Å². The lowest BCUT2D eigenvalue weighted by Gasteiger charge is -2.60. The fraction of sp³-hybridized carbons (Fsp3) is 0.882. The molecule has 0 aromatic carbocycles. The summed E-state index contributed by atoms with van der Waals surface area (Å²) in [4.78, 5) is 13.9. The van der Waals surface area contributed by atoms with Gasteiger partial charge >= 0.3 is 0 Å². The standard InChI is InChI=1S/C17H25N3O2/c18-9-14-2-1-3-20(14)15(21)10-19-16-5-12-4-13(6-16)8-17(22,7-12)11-16/h12-14,19,22H,1-8,10-11H2/t12-,13+,14?,16?,17?/i10D2,14D. The minimum absolute atomic E-state index is 0.235. The van der Waals surface area contributed by atoms with Crippen molar-refractivity contribution in [2.45, 2.75) is 68.5 Å². The van der Waals surface area contributed by atoms with Crippen LogP contribution in [0.25, 0.3) is 0 Å². The van der Waals surface area contributed by atoms with Gasteiger partial charge in [-0.15, -0.1) is 0 Å². The maximum Gasteiger partial charge on any atom is 0.237 e. The zero-order valence-corrected chi connectivity index (χ0v) is 12.8. The largest absolute Gasteiger partial charge is 0.390 e. The van der Waals surface area contributed by atoms with Gasteiger partial charge in [-0.25, -0.2) is 0 Å². The van der Waals surface area contributed by atoms with Gasteiger partial charge in [-0.3, -0.25) is 4.79 Å². The molecule has 5 fully saturated rings. The van der Waals surface area contributed by atoms with Gasteiger partial charge < -0.3 is 15.3 Å². The molecule has 3 unspecified atom stereocenters. The van der Waals surface area contributed by atoms with Crippen LogP contribution in [0.15, 0.2) is 0 Å². The van der Waals surface area contributed by atoms with Gasteiger partial charge in [-0.05, 0) is 63.2 Å². The highest BCUT2D eigenvalue weighted by atomic mass is 16.3. The van der Waals surface area contributed by atoms with E-state index in [1.54, 1.807) is 0 Å². The third-order valence-electron chi connectivity index (χ3n) is 5.96. The van der Waals surface area contributed by atoms with E-state index in [0.717, 1.165) is 37.0 Å². The molecule has 120 valence electrons.